The van der Waals surface area contributed by atoms with Crippen LogP contribution in [0.3, 0.4) is 0 Å². The first-order chi connectivity index (χ1) is 16.4. The molecule has 1 aromatic carbocycles. The highest BCUT2D eigenvalue weighted by Crippen LogP contribution is 2.58. The molecule has 8 nitrogen and oxygen atoms in total. The molecule has 0 saturated carbocycles. The van der Waals surface area contributed by atoms with Crippen molar-refractivity contribution >= 4 is 17.7 Å². The maximum absolute atomic E-state index is 14.0. The summed E-state index contributed by atoms with van der Waals surface area (Å²) in [5.41, 5.74) is -0.111. The van der Waals surface area contributed by atoms with E-state index in [1.807, 2.05) is 30.3 Å². The molecule has 1 aromatic rings. The number of nitrogens with zero attached hydrogens (tertiary/aromatic N) is 3. The Labute approximate surface area is 200 Å². The van der Waals surface area contributed by atoms with Crippen LogP contribution in [0.4, 0.5) is 0 Å². The van der Waals surface area contributed by atoms with Gasteiger partial charge in [0, 0.05) is 33.2 Å². The number of ether oxygens (including phenoxy) is 1. The van der Waals surface area contributed by atoms with Crippen molar-refractivity contribution in [1.29, 1.82) is 0 Å². The number of carbonyl (C=O) groups excluding carboxylic acids is 3. The summed E-state index contributed by atoms with van der Waals surface area (Å²) in [6.45, 7) is 8.26. The molecule has 0 radical (unpaired) electrons. The van der Waals surface area contributed by atoms with Crippen molar-refractivity contribution in [3.63, 3.8) is 0 Å². The molecule has 3 aliphatic rings. The molecule has 5 atom stereocenters. The van der Waals surface area contributed by atoms with Gasteiger partial charge in [0.2, 0.25) is 17.7 Å². The molecule has 8 heteroatoms. The van der Waals surface area contributed by atoms with Gasteiger partial charge in [0.1, 0.15) is 11.6 Å². The number of fused-ring (bicyclic) bond motifs is 1. The standard InChI is InChI=1S/C26H33N3O5/c1-4-13-27(3)23(31)20-19-11-12-26(34-19)21(20)24(32)29(15-16-30)22(26)25(33)28(14-5-2)17-18-9-7-6-8-10-18/h4-10,19-22,30H,1-2,11-17H2,3H3/t19-,20+,21+,22?,26?/m1/s1. The second-order valence-electron chi connectivity index (χ2n) is 9.31. The van der Waals surface area contributed by atoms with Crippen LogP contribution in [0.5, 0.6) is 0 Å². The molecule has 34 heavy (non-hydrogen) atoms. The molecule has 0 aromatic heterocycles. The van der Waals surface area contributed by atoms with Gasteiger partial charge < -0.3 is 24.5 Å². The molecule has 4 rings (SSSR count). The number of aliphatic hydroxyl groups excluding tert-OH is 1. The first-order valence-corrected chi connectivity index (χ1v) is 11.8. The number of benzene rings is 1. The Morgan fingerprint density at radius 2 is 1.91 bits per heavy atom. The topological polar surface area (TPSA) is 90.4 Å². The molecule has 3 heterocycles. The highest BCUT2D eigenvalue weighted by Gasteiger charge is 2.74. The number of hydrogen-bond donors (Lipinski definition) is 1. The molecule has 182 valence electrons. The van der Waals surface area contributed by atoms with Gasteiger partial charge >= 0.3 is 0 Å². The summed E-state index contributed by atoms with van der Waals surface area (Å²) >= 11 is 0. The fourth-order valence-electron chi connectivity index (χ4n) is 5.97. The third kappa shape index (κ3) is 3.84. The van der Waals surface area contributed by atoms with Crippen LogP contribution < -0.4 is 0 Å². The minimum absolute atomic E-state index is 0.0121. The fraction of sp³-hybridized carbons (Fsp3) is 0.500. The van der Waals surface area contributed by atoms with Crippen molar-refractivity contribution in [2.24, 2.45) is 11.8 Å². The van der Waals surface area contributed by atoms with Crippen LogP contribution in [-0.2, 0) is 25.7 Å². The molecule has 3 fully saturated rings. The Morgan fingerprint density at radius 3 is 2.56 bits per heavy atom. The zero-order valence-corrected chi connectivity index (χ0v) is 19.6. The van der Waals surface area contributed by atoms with Gasteiger partial charge in [-0.2, -0.15) is 0 Å². The van der Waals surface area contributed by atoms with Gasteiger partial charge in [0.15, 0.2) is 0 Å². The number of carbonyl (C=O) groups is 3. The molecule has 3 saturated heterocycles. The van der Waals surface area contributed by atoms with E-state index in [9.17, 15) is 19.5 Å². The summed E-state index contributed by atoms with van der Waals surface area (Å²) in [7, 11) is 1.68. The lowest BCUT2D eigenvalue weighted by Crippen LogP contribution is -2.56. The van der Waals surface area contributed by atoms with E-state index in [4.69, 9.17) is 4.74 Å². The Morgan fingerprint density at radius 1 is 1.21 bits per heavy atom. The zero-order valence-electron chi connectivity index (χ0n) is 19.6. The number of aliphatic hydroxyl groups is 1. The van der Waals surface area contributed by atoms with Crippen molar-refractivity contribution in [2.45, 2.75) is 37.1 Å². The predicted octanol–water partition coefficient (Wildman–Crippen LogP) is 1.21. The molecule has 1 spiro atoms. The zero-order chi connectivity index (χ0) is 24.5. The van der Waals surface area contributed by atoms with Crippen molar-refractivity contribution in [3.05, 3.63) is 61.2 Å². The van der Waals surface area contributed by atoms with Gasteiger partial charge in [-0.25, -0.2) is 0 Å². The van der Waals surface area contributed by atoms with Crippen molar-refractivity contribution < 1.29 is 24.2 Å². The number of hydrogen-bond acceptors (Lipinski definition) is 5. The minimum Gasteiger partial charge on any atom is -0.395 e. The van der Waals surface area contributed by atoms with E-state index in [1.54, 1.807) is 29.0 Å². The molecule has 3 aliphatic heterocycles. The summed E-state index contributed by atoms with van der Waals surface area (Å²) in [4.78, 5) is 45.6. The lowest BCUT2D eigenvalue weighted by molar-refractivity contribution is -0.149. The highest BCUT2D eigenvalue weighted by molar-refractivity contribution is 5.99. The van der Waals surface area contributed by atoms with Gasteiger partial charge in [-0.15, -0.1) is 13.2 Å². The fourth-order valence-corrected chi connectivity index (χ4v) is 5.97. The molecule has 2 unspecified atom stereocenters. The quantitative estimate of drug-likeness (QED) is 0.523. The Balaban J connectivity index is 1.69. The lowest BCUT2D eigenvalue weighted by Gasteiger charge is -2.36. The number of amides is 3. The first-order valence-electron chi connectivity index (χ1n) is 11.8. The van der Waals surface area contributed by atoms with Crippen LogP contribution in [0, 0.1) is 11.8 Å². The van der Waals surface area contributed by atoms with E-state index >= 15 is 0 Å². The third-order valence-corrected chi connectivity index (χ3v) is 7.32. The lowest BCUT2D eigenvalue weighted by atomic mass is 9.70. The van der Waals surface area contributed by atoms with Gasteiger partial charge in [0.05, 0.1) is 24.5 Å². The Hall–Kier alpha value is -2.97. The molecule has 1 N–H and O–H groups in total. The largest absolute Gasteiger partial charge is 0.395 e. The molecule has 0 aliphatic carbocycles. The summed E-state index contributed by atoms with van der Waals surface area (Å²) in [6.07, 6.45) is 4.03. The monoisotopic (exact) mass is 467 g/mol. The maximum atomic E-state index is 14.0. The summed E-state index contributed by atoms with van der Waals surface area (Å²) in [5, 5.41) is 9.72. The maximum Gasteiger partial charge on any atom is 0.248 e. The smallest absolute Gasteiger partial charge is 0.248 e. The van der Waals surface area contributed by atoms with Crippen molar-refractivity contribution in [1.82, 2.24) is 14.7 Å². The SMILES string of the molecule is C=CCN(C)C(=O)[C@@H]1[C@H]2C(=O)N(CCO)C(C(=O)N(CC=C)Cc3ccccc3)C23CC[C@H]1O3. The van der Waals surface area contributed by atoms with Crippen LogP contribution in [0.1, 0.15) is 18.4 Å². The van der Waals surface area contributed by atoms with E-state index in [2.05, 4.69) is 13.2 Å². The van der Waals surface area contributed by atoms with E-state index in [-0.39, 0.29) is 30.9 Å². The van der Waals surface area contributed by atoms with Gasteiger partial charge in [0.25, 0.3) is 0 Å². The van der Waals surface area contributed by atoms with Crippen molar-refractivity contribution in [2.75, 3.05) is 33.3 Å². The first kappa shape index (κ1) is 24.2. The number of likely N-dealkylation sites (N-methyl/N-ethyl adjacent to an activating group) is 1. The van der Waals surface area contributed by atoms with Crippen LogP contribution in [-0.4, -0.2) is 88.6 Å². The van der Waals surface area contributed by atoms with Gasteiger partial charge in [-0.3, -0.25) is 14.4 Å². The molecular weight excluding hydrogens is 434 g/mol. The Kier molecular flexibility index (Phi) is 6.91. The highest BCUT2D eigenvalue weighted by atomic mass is 16.5. The number of rotatable bonds is 10. The van der Waals surface area contributed by atoms with Crippen LogP contribution in [0.25, 0.3) is 0 Å². The van der Waals surface area contributed by atoms with E-state index in [1.165, 1.54) is 4.90 Å². The average Bonchev–Trinajstić information content (AvgIpc) is 3.47. The second-order valence-corrected chi connectivity index (χ2v) is 9.31. The molecule has 3 amide bonds. The summed E-state index contributed by atoms with van der Waals surface area (Å²) in [6, 6.07) is 8.73. The van der Waals surface area contributed by atoms with E-state index in [0.29, 0.717) is 32.5 Å². The Bertz CT molecular complexity index is 966. The summed E-state index contributed by atoms with van der Waals surface area (Å²) in [5.74, 6) is -2.10. The van der Waals surface area contributed by atoms with Gasteiger partial charge in [-0.05, 0) is 18.4 Å². The normalized spacial score (nSPS) is 29.1. The second kappa shape index (κ2) is 9.72. The van der Waals surface area contributed by atoms with Crippen LogP contribution in [0.2, 0.25) is 0 Å². The van der Waals surface area contributed by atoms with Crippen molar-refractivity contribution in [3.8, 4) is 0 Å². The average molecular weight is 468 g/mol. The van der Waals surface area contributed by atoms with E-state index in [0.717, 1.165) is 5.56 Å². The summed E-state index contributed by atoms with van der Waals surface area (Å²) < 4.78 is 6.41. The number of likely N-dealkylation sites (tertiary alicyclic amines) is 1. The number of β-amino-alcohol motifs (C(OH)–C–C–N with tert-alkyl or cyclic N) is 1. The van der Waals surface area contributed by atoms with Crippen LogP contribution in [0.15, 0.2) is 55.6 Å². The predicted molar refractivity (Wildman–Crippen MR) is 126 cm³/mol. The van der Waals surface area contributed by atoms with Gasteiger partial charge in [-0.1, -0.05) is 42.5 Å². The molecular formula is C26H33N3O5. The minimum atomic E-state index is -1.07. The molecule has 2 bridgehead atoms. The third-order valence-electron chi connectivity index (χ3n) is 7.32. The van der Waals surface area contributed by atoms with Crippen LogP contribution >= 0.6 is 0 Å². The van der Waals surface area contributed by atoms with E-state index < -0.39 is 29.6 Å².